The first-order chi connectivity index (χ1) is 12.3. The van der Waals surface area contributed by atoms with E-state index in [0.717, 1.165) is 19.4 Å². The summed E-state index contributed by atoms with van der Waals surface area (Å²) in [6, 6.07) is 7.49. The van der Waals surface area contributed by atoms with Crippen LogP contribution in [0.2, 0.25) is 0 Å². The number of aromatic nitrogens is 2. The van der Waals surface area contributed by atoms with E-state index in [1.807, 2.05) is 56.9 Å². The van der Waals surface area contributed by atoms with Gasteiger partial charge in [-0.3, -0.25) is 4.79 Å². The number of rotatable bonds is 7. The highest BCUT2D eigenvalue weighted by molar-refractivity contribution is 6.00. The van der Waals surface area contributed by atoms with Gasteiger partial charge in [0.1, 0.15) is 0 Å². The number of amides is 1. The maximum atomic E-state index is 13.2. The molecule has 2 aromatic rings. The second-order valence-electron chi connectivity index (χ2n) is 7.75. The van der Waals surface area contributed by atoms with E-state index in [1.165, 1.54) is 0 Å². The van der Waals surface area contributed by atoms with Gasteiger partial charge in [0.05, 0.1) is 11.1 Å². The third kappa shape index (κ3) is 4.51. The Bertz CT molecular complexity index is 727. The lowest BCUT2D eigenvalue weighted by atomic mass is 9.96. The van der Waals surface area contributed by atoms with Crippen LogP contribution >= 0.6 is 0 Å². The van der Waals surface area contributed by atoms with E-state index >= 15 is 0 Å². The maximum Gasteiger partial charge on any atom is 0.258 e. The van der Waals surface area contributed by atoms with Gasteiger partial charge >= 0.3 is 0 Å². The Balaban J connectivity index is 2.36. The summed E-state index contributed by atoms with van der Waals surface area (Å²) in [5.74, 6) is 1.57. The van der Waals surface area contributed by atoms with Crippen LogP contribution in [0.15, 0.2) is 28.8 Å². The highest BCUT2D eigenvalue weighted by atomic mass is 16.5. The van der Waals surface area contributed by atoms with Crippen molar-refractivity contribution in [1.29, 1.82) is 0 Å². The van der Waals surface area contributed by atoms with Gasteiger partial charge < -0.3 is 9.42 Å². The summed E-state index contributed by atoms with van der Waals surface area (Å²) >= 11 is 0. The van der Waals surface area contributed by atoms with Crippen LogP contribution in [0.3, 0.4) is 0 Å². The smallest absolute Gasteiger partial charge is 0.258 e. The van der Waals surface area contributed by atoms with Gasteiger partial charge in [0.2, 0.25) is 0 Å². The largest absolute Gasteiger partial charge is 0.339 e. The molecule has 1 aromatic carbocycles. The second-order valence-corrected chi connectivity index (χ2v) is 7.75. The summed E-state index contributed by atoms with van der Waals surface area (Å²) in [5, 5.41) is 4.09. The number of carbonyl (C=O) groups is 1. The molecule has 0 spiro atoms. The van der Waals surface area contributed by atoms with E-state index in [-0.39, 0.29) is 11.3 Å². The second kappa shape index (κ2) is 8.47. The van der Waals surface area contributed by atoms with Gasteiger partial charge in [-0.25, -0.2) is 0 Å². The van der Waals surface area contributed by atoms with E-state index in [9.17, 15) is 4.79 Å². The predicted octanol–water partition coefficient (Wildman–Crippen LogP) is 4.93. The van der Waals surface area contributed by atoms with Gasteiger partial charge in [0.25, 0.3) is 11.8 Å². The van der Waals surface area contributed by atoms with Crippen LogP contribution < -0.4 is 0 Å². The molecule has 0 fully saturated rings. The predicted molar refractivity (Wildman–Crippen MR) is 104 cm³/mol. The van der Waals surface area contributed by atoms with Crippen molar-refractivity contribution in [2.75, 3.05) is 13.1 Å². The first kappa shape index (κ1) is 20.1. The summed E-state index contributed by atoms with van der Waals surface area (Å²) in [4.78, 5) is 19.6. The zero-order valence-corrected chi connectivity index (χ0v) is 16.9. The van der Waals surface area contributed by atoms with Crippen molar-refractivity contribution in [2.24, 2.45) is 5.92 Å². The van der Waals surface area contributed by atoms with Crippen LogP contribution in [-0.4, -0.2) is 34.0 Å². The van der Waals surface area contributed by atoms with Crippen molar-refractivity contribution >= 4 is 5.91 Å². The first-order valence-corrected chi connectivity index (χ1v) is 9.54. The molecule has 2 rings (SSSR count). The monoisotopic (exact) mass is 357 g/mol. The molecule has 0 bridgehead atoms. The number of benzene rings is 1. The average molecular weight is 357 g/mol. The van der Waals surface area contributed by atoms with Crippen LogP contribution in [0.1, 0.15) is 70.6 Å². The normalized spacial score (nSPS) is 11.8. The van der Waals surface area contributed by atoms with E-state index in [4.69, 9.17) is 4.52 Å². The molecule has 0 saturated heterocycles. The van der Waals surface area contributed by atoms with E-state index in [1.54, 1.807) is 0 Å². The third-order valence-electron chi connectivity index (χ3n) is 4.79. The lowest BCUT2D eigenvalue weighted by molar-refractivity contribution is 0.0735. The van der Waals surface area contributed by atoms with E-state index in [2.05, 4.69) is 24.0 Å². The maximum absolute atomic E-state index is 13.2. The Morgan fingerprint density at radius 2 is 1.81 bits per heavy atom. The molecule has 5 heteroatoms. The van der Waals surface area contributed by atoms with Crippen molar-refractivity contribution in [1.82, 2.24) is 15.0 Å². The molecule has 0 aliphatic heterocycles. The van der Waals surface area contributed by atoms with Crippen molar-refractivity contribution in [2.45, 2.75) is 59.8 Å². The van der Waals surface area contributed by atoms with Gasteiger partial charge in [0.15, 0.2) is 5.82 Å². The van der Waals surface area contributed by atoms with E-state index in [0.29, 0.717) is 35.3 Å². The molecule has 1 heterocycles. The Kier molecular flexibility index (Phi) is 6.57. The summed E-state index contributed by atoms with van der Waals surface area (Å²) in [7, 11) is 0. The Morgan fingerprint density at radius 1 is 1.15 bits per heavy atom. The first-order valence-electron chi connectivity index (χ1n) is 9.54. The zero-order valence-electron chi connectivity index (χ0n) is 16.9. The number of hydrogen-bond donors (Lipinski definition) is 0. The standard InChI is InChI=1S/C21H31N3O2/c1-7-15(8-2)14-24(9-3)19(25)17-13-11-10-12-16(17)18-22-20(23-26-18)21(4,5)6/h10-13,15H,7-9,14H2,1-6H3. The van der Waals surface area contributed by atoms with Crippen LogP contribution in [0.4, 0.5) is 0 Å². The van der Waals surface area contributed by atoms with Gasteiger partial charge in [0, 0.05) is 18.5 Å². The molecule has 0 unspecified atom stereocenters. The van der Waals surface area contributed by atoms with Crippen LogP contribution in [0.25, 0.3) is 11.5 Å². The van der Waals surface area contributed by atoms with Gasteiger partial charge in [-0.15, -0.1) is 0 Å². The molecule has 5 nitrogen and oxygen atoms in total. The molecule has 0 radical (unpaired) electrons. The lowest BCUT2D eigenvalue weighted by Crippen LogP contribution is -2.35. The van der Waals surface area contributed by atoms with Crippen molar-refractivity contribution in [3.63, 3.8) is 0 Å². The summed E-state index contributed by atoms with van der Waals surface area (Å²) in [5.41, 5.74) is 1.11. The summed E-state index contributed by atoms with van der Waals surface area (Å²) in [6.07, 6.45) is 2.14. The average Bonchev–Trinajstić information content (AvgIpc) is 3.13. The number of carbonyl (C=O) groups excluding carboxylic acids is 1. The molecular weight excluding hydrogens is 326 g/mol. The van der Waals surface area contributed by atoms with Crippen LogP contribution in [-0.2, 0) is 5.41 Å². The fourth-order valence-corrected chi connectivity index (χ4v) is 2.88. The summed E-state index contributed by atoms with van der Waals surface area (Å²) in [6.45, 7) is 13.9. The van der Waals surface area contributed by atoms with Crippen molar-refractivity contribution in [3.8, 4) is 11.5 Å². The van der Waals surface area contributed by atoms with Gasteiger partial charge in [-0.05, 0) is 25.0 Å². The molecular formula is C21H31N3O2. The minimum Gasteiger partial charge on any atom is -0.339 e. The van der Waals surface area contributed by atoms with E-state index < -0.39 is 0 Å². The van der Waals surface area contributed by atoms with Crippen molar-refractivity contribution < 1.29 is 9.32 Å². The molecule has 0 saturated carbocycles. The molecule has 26 heavy (non-hydrogen) atoms. The lowest BCUT2D eigenvalue weighted by Gasteiger charge is -2.26. The molecule has 0 N–H and O–H groups in total. The summed E-state index contributed by atoms with van der Waals surface area (Å²) < 4.78 is 5.47. The SMILES string of the molecule is CCC(CC)CN(CC)C(=O)c1ccccc1-c1nc(C(C)(C)C)no1. The topological polar surface area (TPSA) is 59.2 Å². The zero-order chi connectivity index (χ0) is 19.3. The molecule has 1 aromatic heterocycles. The minimum absolute atomic E-state index is 0.0190. The quantitative estimate of drug-likeness (QED) is 0.705. The number of hydrogen-bond acceptors (Lipinski definition) is 4. The molecule has 0 atom stereocenters. The fourth-order valence-electron chi connectivity index (χ4n) is 2.88. The Morgan fingerprint density at radius 3 is 2.35 bits per heavy atom. The Labute approximate surface area is 156 Å². The van der Waals surface area contributed by atoms with Crippen LogP contribution in [0.5, 0.6) is 0 Å². The highest BCUT2D eigenvalue weighted by Gasteiger charge is 2.25. The molecule has 0 aliphatic carbocycles. The molecule has 1 amide bonds. The molecule has 0 aliphatic rings. The van der Waals surface area contributed by atoms with Gasteiger partial charge in [-0.1, -0.05) is 64.7 Å². The third-order valence-corrected chi connectivity index (χ3v) is 4.79. The molecule has 142 valence electrons. The highest BCUT2D eigenvalue weighted by Crippen LogP contribution is 2.27. The van der Waals surface area contributed by atoms with Gasteiger partial charge in [-0.2, -0.15) is 4.98 Å². The fraction of sp³-hybridized carbons (Fsp3) is 0.571. The minimum atomic E-state index is -0.203. The van der Waals surface area contributed by atoms with Crippen LogP contribution in [0, 0.1) is 5.92 Å². The Hall–Kier alpha value is -2.17. The van der Waals surface area contributed by atoms with Crippen molar-refractivity contribution in [3.05, 3.63) is 35.7 Å². The number of nitrogens with zero attached hydrogens (tertiary/aromatic N) is 3.